The minimum Gasteiger partial charge on any atom is -0.487 e. The summed E-state index contributed by atoms with van der Waals surface area (Å²) < 4.78 is 10.4. The van der Waals surface area contributed by atoms with E-state index in [1.54, 1.807) is 24.3 Å². The Balaban J connectivity index is 2.20. The van der Waals surface area contributed by atoms with E-state index in [0.29, 0.717) is 11.3 Å². The van der Waals surface area contributed by atoms with Crippen LogP contribution in [0, 0.1) is 0 Å². The molecule has 0 bridgehead atoms. The highest BCUT2D eigenvalue weighted by atomic mass is 16.5. The standard InChI is InChI=1S/C13H12N2O5/c1-19-11-12(18)14-7-15-13(11)20-9-4-2-8(3-5-9)6-10(16)17/h2-5,7H,6H2,1H3,(H,16,17)(H,14,15,18). The molecule has 20 heavy (non-hydrogen) atoms. The average molecular weight is 276 g/mol. The van der Waals surface area contributed by atoms with Crippen molar-refractivity contribution in [1.82, 2.24) is 9.97 Å². The second-order valence-corrected chi connectivity index (χ2v) is 3.89. The molecule has 0 aliphatic heterocycles. The van der Waals surface area contributed by atoms with E-state index in [1.165, 1.54) is 13.4 Å². The molecule has 0 aliphatic carbocycles. The second kappa shape index (κ2) is 5.87. The fourth-order valence-corrected chi connectivity index (χ4v) is 1.59. The summed E-state index contributed by atoms with van der Waals surface area (Å²) in [6, 6.07) is 6.45. The van der Waals surface area contributed by atoms with Crippen molar-refractivity contribution in [1.29, 1.82) is 0 Å². The van der Waals surface area contributed by atoms with Crippen LogP contribution in [-0.4, -0.2) is 28.2 Å². The number of carboxylic acid groups (broad SMARTS) is 1. The summed E-state index contributed by atoms with van der Waals surface area (Å²) >= 11 is 0. The van der Waals surface area contributed by atoms with E-state index in [-0.39, 0.29) is 18.1 Å². The van der Waals surface area contributed by atoms with E-state index in [0.717, 1.165) is 0 Å². The molecule has 2 rings (SSSR count). The number of aromatic amines is 1. The average Bonchev–Trinajstić information content (AvgIpc) is 2.41. The van der Waals surface area contributed by atoms with Crippen molar-refractivity contribution in [3.8, 4) is 17.4 Å². The van der Waals surface area contributed by atoms with E-state index in [2.05, 4.69) is 9.97 Å². The molecule has 2 N–H and O–H groups in total. The Morgan fingerprint density at radius 1 is 1.35 bits per heavy atom. The van der Waals surface area contributed by atoms with E-state index < -0.39 is 11.5 Å². The molecular weight excluding hydrogens is 264 g/mol. The van der Waals surface area contributed by atoms with Crippen LogP contribution in [0.1, 0.15) is 5.56 Å². The van der Waals surface area contributed by atoms with Crippen molar-refractivity contribution in [2.24, 2.45) is 0 Å². The van der Waals surface area contributed by atoms with Gasteiger partial charge in [0.1, 0.15) is 5.75 Å². The van der Waals surface area contributed by atoms with Gasteiger partial charge < -0.3 is 19.6 Å². The van der Waals surface area contributed by atoms with E-state index >= 15 is 0 Å². The Bertz CT molecular complexity index is 663. The van der Waals surface area contributed by atoms with Gasteiger partial charge in [0.05, 0.1) is 19.9 Å². The van der Waals surface area contributed by atoms with Gasteiger partial charge in [0.2, 0.25) is 5.75 Å². The van der Waals surface area contributed by atoms with Gasteiger partial charge in [-0.05, 0) is 17.7 Å². The predicted molar refractivity (Wildman–Crippen MR) is 69.3 cm³/mol. The maximum atomic E-state index is 11.5. The number of carbonyl (C=O) groups is 1. The molecule has 0 saturated carbocycles. The van der Waals surface area contributed by atoms with Crippen molar-refractivity contribution in [3.05, 3.63) is 46.5 Å². The smallest absolute Gasteiger partial charge is 0.307 e. The number of ether oxygens (including phenoxy) is 2. The molecule has 0 fully saturated rings. The number of nitrogens with zero attached hydrogens (tertiary/aromatic N) is 1. The Kier molecular flexibility index (Phi) is 3.99. The first-order valence-electron chi connectivity index (χ1n) is 5.70. The minimum absolute atomic E-state index is 0.0258. The summed E-state index contributed by atoms with van der Waals surface area (Å²) in [5.41, 5.74) is 0.204. The van der Waals surface area contributed by atoms with Gasteiger partial charge in [-0.1, -0.05) is 12.1 Å². The molecule has 0 saturated heterocycles. The number of aliphatic carboxylic acids is 1. The monoisotopic (exact) mass is 276 g/mol. The maximum absolute atomic E-state index is 11.5. The Morgan fingerprint density at radius 2 is 2.05 bits per heavy atom. The molecule has 0 unspecified atom stereocenters. The van der Waals surface area contributed by atoms with Gasteiger partial charge in [0.15, 0.2) is 0 Å². The topological polar surface area (TPSA) is 102 Å². The summed E-state index contributed by atoms with van der Waals surface area (Å²) in [5.74, 6) is -0.462. The zero-order valence-electron chi connectivity index (χ0n) is 10.6. The van der Waals surface area contributed by atoms with Crippen molar-refractivity contribution in [2.45, 2.75) is 6.42 Å². The van der Waals surface area contributed by atoms with Crippen LogP contribution in [0.25, 0.3) is 0 Å². The highest BCUT2D eigenvalue weighted by Crippen LogP contribution is 2.25. The van der Waals surface area contributed by atoms with Gasteiger partial charge in [0.25, 0.3) is 11.4 Å². The molecule has 0 aliphatic rings. The molecule has 104 valence electrons. The first-order valence-corrected chi connectivity index (χ1v) is 5.70. The van der Waals surface area contributed by atoms with Crippen LogP contribution < -0.4 is 15.0 Å². The number of H-pyrrole nitrogens is 1. The molecule has 2 aromatic rings. The van der Waals surface area contributed by atoms with Crippen LogP contribution in [0.3, 0.4) is 0 Å². The number of nitrogens with one attached hydrogen (secondary N) is 1. The van der Waals surface area contributed by atoms with Crippen molar-refractivity contribution in [3.63, 3.8) is 0 Å². The fraction of sp³-hybridized carbons (Fsp3) is 0.154. The molecule has 7 nitrogen and oxygen atoms in total. The summed E-state index contributed by atoms with van der Waals surface area (Å²) in [5, 5.41) is 8.67. The quantitative estimate of drug-likeness (QED) is 0.850. The number of aromatic nitrogens is 2. The summed E-state index contributed by atoms with van der Waals surface area (Å²) in [6.07, 6.45) is 1.14. The van der Waals surface area contributed by atoms with Gasteiger partial charge in [-0.2, -0.15) is 0 Å². The first-order chi connectivity index (χ1) is 9.60. The van der Waals surface area contributed by atoms with Gasteiger partial charge in [-0.15, -0.1) is 0 Å². The zero-order chi connectivity index (χ0) is 14.5. The molecule has 1 heterocycles. The Labute approximate surface area is 113 Å². The lowest BCUT2D eigenvalue weighted by Crippen LogP contribution is -2.10. The third-order valence-electron chi connectivity index (χ3n) is 2.48. The first kappa shape index (κ1) is 13.6. The van der Waals surface area contributed by atoms with E-state index in [1.807, 2.05) is 0 Å². The van der Waals surface area contributed by atoms with Crippen molar-refractivity contribution >= 4 is 5.97 Å². The van der Waals surface area contributed by atoms with Crippen LogP contribution in [0.15, 0.2) is 35.4 Å². The predicted octanol–water partition coefficient (Wildman–Crippen LogP) is 1.20. The normalized spacial score (nSPS) is 10.1. The van der Waals surface area contributed by atoms with Crippen LogP contribution >= 0.6 is 0 Å². The highest BCUT2D eigenvalue weighted by Gasteiger charge is 2.11. The largest absolute Gasteiger partial charge is 0.487 e. The SMILES string of the molecule is COc1c(Oc2ccc(CC(=O)O)cc2)nc[nH]c1=O. The van der Waals surface area contributed by atoms with Gasteiger partial charge >= 0.3 is 5.97 Å². The van der Waals surface area contributed by atoms with Crippen molar-refractivity contribution < 1.29 is 19.4 Å². The number of hydrogen-bond donors (Lipinski definition) is 2. The molecule has 0 amide bonds. The van der Waals surface area contributed by atoms with Crippen molar-refractivity contribution in [2.75, 3.05) is 7.11 Å². The van der Waals surface area contributed by atoms with Crippen LogP contribution in [-0.2, 0) is 11.2 Å². The third kappa shape index (κ3) is 3.14. The molecule has 0 spiro atoms. The Hall–Kier alpha value is -2.83. The number of methoxy groups -OCH3 is 1. The van der Waals surface area contributed by atoms with E-state index in [9.17, 15) is 9.59 Å². The van der Waals surface area contributed by atoms with Crippen LogP contribution in [0.4, 0.5) is 0 Å². The summed E-state index contributed by atoms with van der Waals surface area (Å²) in [7, 11) is 1.34. The number of benzene rings is 1. The molecule has 1 aromatic heterocycles. The van der Waals surface area contributed by atoms with Gasteiger partial charge in [-0.3, -0.25) is 9.59 Å². The third-order valence-corrected chi connectivity index (χ3v) is 2.48. The van der Waals surface area contributed by atoms with Gasteiger partial charge in [-0.25, -0.2) is 4.98 Å². The molecule has 0 radical (unpaired) electrons. The summed E-state index contributed by atoms with van der Waals surface area (Å²) in [6.45, 7) is 0. The lowest BCUT2D eigenvalue weighted by Gasteiger charge is -2.08. The molecule has 0 atom stereocenters. The van der Waals surface area contributed by atoms with Gasteiger partial charge in [0, 0.05) is 0 Å². The second-order valence-electron chi connectivity index (χ2n) is 3.89. The molecular formula is C13H12N2O5. The molecule has 7 heteroatoms. The highest BCUT2D eigenvalue weighted by molar-refractivity contribution is 5.70. The molecule has 1 aromatic carbocycles. The van der Waals surface area contributed by atoms with Crippen LogP contribution in [0.5, 0.6) is 17.4 Å². The summed E-state index contributed by atoms with van der Waals surface area (Å²) in [4.78, 5) is 28.3. The van der Waals surface area contributed by atoms with Crippen LogP contribution in [0.2, 0.25) is 0 Å². The lowest BCUT2D eigenvalue weighted by molar-refractivity contribution is -0.136. The lowest BCUT2D eigenvalue weighted by atomic mass is 10.1. The maximum Gasteiger partial charge on any atom is 0.307 e. The van der Waals surface area contributed by atoms with E-state index in [4.69, 9.17) is 14.6 Å². The Morgan fingerprint density at radius 3 is 2.65 bits per heavy atom. The number of carboxylic acids is 1. The number of rotatable bonds is 5. The minimum atomic E-state index is -0.906. The number of hydrogen-bond acceptors (Lipinski definition) is 5. The fourth-order valence-electron chi connectivity index (χ4n) is 1.59. The zero-order valence-corrected chi connectivity index (χ0v) is 10.6.